The number of hydrogen-bond donors (Lipinski definition) is 1. The molecule has 0 aliphatic carbocycles. The summed E-state index contributed by atoms with van der Waals surface area (Å²) in [5.41, 5.74) is 1.25. The van der Waals surface area contributed by atoms with Crippen LogP contribution < -0.4 is 19.3 Å². The summed E-state index contributed by atoms with van der Waals surface area (Å²) in [4.78, 5) is 0.0636. The number of ether oxygens (including phenoxy) is 3. The lowest BCUT2D eigenvalue weighted by Crippen LogP contribution is -2.13. The average molecular weight is 349 g/mol. The lowest BCUT2D eigenvalue weighted by atomic mass is 10.1. The van der Waals surface area contributed by atoms with Gasteiger partial charge in [-0.3, -0.25) is 0 Å². The van der Waals surface area contributed by atoms with Crippen LogP contribution in [0, 0.1) is 0 Å². The van der Waals surface area contributed by atoms with Crippen LogP contribution in [-0.2, 0) is 10.0 Å². The molecule has 0 atom stereocenters. The molecule has 24 heavy (non-hydrogen) atoms. The van der Waals surface area contributed by atoms with Gasteiger partial charge in [-0.25, -0.2) is 13.6 Å². The molecule has 2 aromatic rings. The summed E-state index contributed by atoms with van der Waals surface area (Å²) < 4.78 is 39.1. The van der Waals surface area contributed by atoms with Crippen LogP contribution in [0.25, 0.3) is 12.2 Å². The van der Waals surface area contributed by atoms with Gasteiger partial charge in [-0.05, 0) is 29.3 Å². The highest BCUT2D eigenvalue weighted by Crippen LogP contribution is 2.38. The van der Waals surface area contributed by atoms with Crippen molar-refractivity contribution in [3.05, 3.63) is 47.5 Å². The average Bonchev–Trinajstić information content (AvgIpc) is 2.58. The molecule has 0 bridgehead atoms. The Morgan fingerprint density at radius 1 is 0.917 bits per heavy atom. The lowest BCUT2D eigenvalue weighted by molar-refractivity contribution is 0.324. The summed E-state index contributed by atoms with van der Waals surface area (Å²) >= 11 is 0. The van der Waals surface area contributed by atoms with Crippen molar-refractivity contribution in [3.8, 4) is 17.2 Å². The molecular formula is C17H19NO5S. The quantitative estimate of drug-likeness (QED) is 0.810. The van der Waals surface area contributed by atoms with Crippen molar-refractivity contribution in [1.82, 2.24) is 0 Å². The van der Waals surface area contributed by atoms with Gasteiger partial charge in [-0.2, -0.15) is 0 Å². The fourth-order valence-electron chi connectivity index (χ4n) is 2.26. The second-order valence-electron chi connectivity index (χ2n) is 4.87. The van der Waals surface area contributed by atoms with Gasteiger partial charge < -0.3 is 14.2 Å². The van der Waals surface area contributed by atoms with Gasteiger partial charge in [0.1, 0.15) is 0 Å². The van der Waals surface area contributed by atoms with Crippen molar-refractivity contribution in [1.29, 1.82) is 0 Å². The Hall–Kier alpha value is -2.51. The maximum absolute atomic E-state index is 11.6. The first kappa shape index (κ1) is 17.8. The van der Waals surface area contributed by atoms with E-state index in [1.165, 1.54) is 27.4 Å². The van der Waals surface area contributed by atoms with E-state index >= 15 is 0 Å². The predicted molar refractivity (Wildman–Crippen MR) is 92.8 cm³/mol. The van der Waals surface area contributed by atoms with E-state index in [0.717, 1.165) is 5.56 Å². The minimum atomic E-state index is -3.79. The van der Waals surface area contributed by atoms with Gasteiger partial charge in [0.25, 0.3) is 0 Å². The largest absolute Gasteiger partial charge is 0.493 e. The first-order chi connectivity index (χ1) is 11.4. The van der Waals surface area contributed by atoms with E-state index in [1.54, 1.807) is 42.5 Å². The van der Waals surface area contributed by atoms with Crippen molar-refractivity contribution < 1.29 is 22.6 Å². The predicted octanol–water partition coefficient (Wildman–Crippen LogP) is 2.53. The summed E-state index contributed by atoms with van der Waals surface area (Å²) in [5, 5.41) is 5.24. The van der Waals surface area contributed by atoms with Crippen molar-refractivity contribution in [2.45, 2.75) is 4.90 Å². The molecule has 0 aromatic heterocycles. The van der Waals surface area contributed by atoms with Crippen LogP contribution in [0.4, 0.5) is 0 Å². The van der Waals surface area contributed by atoms with E-state index in [-0.39, 0.29) is 4.90 Å². The molecule has 2 aromatic carbocycles. The highest BCUT2D eigenvalue weighted by molar-refractivity contribution is 7.89. The van der Waals surface area contributed by atoms with Crippen LogP contribution in [0.1, 0.15) is 11.1 Å². The van der Waals surface area contributed by atoms with Gasteiger partial charge in [-0.1, -0.05) is 30.4 Å². The third-order valence-corrected chi connectivity index (χ3v) is 4.35. The van der Waals surface area contributed by atoms with Gasteiger partial charge in [-0.15, -0.1) is 0 Å². The van der Waals surface area contributed by atoms with Crippen LogP contribution in [0.2, 0.25) is 0 Å². The number of sulfonamides is 1. The van der Waals surface area contributed by atoms with Crippen LogP contribution in [0.5, 0.6) is 17.2 Å². The molecule has 7 heteroatoms. The van der Waals surface area contributed by atoms with Crippen molar-refractivity contribution in [3.63, 3.8) is 0 Å². The standard InChI is InChI=1S/C17H19NO5S/c1-21-14-10-12(11-15(22-2)17(14)23-3)8-9-13-6-4-5-7-16(13)24(18,19)20/h4-11H,1-3H3,(H2,18,19,20)/b9-8-. The second-order valence-corrected chi connectivity index (χ2v) is 6.40. The molecule has 128 valence electrons. The Morgan fingerprint density at radius 3 is 2.00 bits per heavy atom. The molecular weight excluding hydrogens is 330 g/mol. The molecule has 0 radical (unpaired) electrons. The third kappa shape index (κ3) is 3.87. The number of primary sulfonamides is 1. The fraction of sp³-hybridized carbons (Fsp3) is 0.176. The number of benzene rings is 2. The minimum absolute atomic E-state index is 0.0636. The van der Waals surface area contributed by atoms with Crippen LogP contribution in [0.3, 0.4) is 0 Å². The van der Waals surface area contributed by atoms with E-state index in [0.29, 0.717) is 22.8 Å². The second kappa shape index (κ2) is 7.37. The van der Waals surface area contributed by atoms with Gasteiger partial charge in [0, 0.05) is 0 Å². The Balaban J connectivity index is 2.47. The highest BCUT2D eigenvalue weighted by atomic mass is 32.2. The van der Waals surface area contributed by atoms with E-state index in [2.05, 4.69) is 0 Å². The summed E-state index contributed by atoms with van der Waals surface area (Å²) in [6.45, 7) is 0. The van der Waals surface area contributed by atoms with E-state index in [9.17, 15) is 8.42 Å². The number of methoxy groups -OCH3 is 3. The molecule has 2 N–H and O–H groups in total. The topological polar surface area (TPSA) is 87.9 Å². The maximum Gasteiger partial charge on any atom is 0.238 e. The zero-order valence-corrected chi connectivity index (χ0v) is 14.5. The van der Waals surface area contributed by atoms with Crippen LogP contribution in [-0.4, -0.2) is 29.7 Å². The zero-order chi connectivity index (χ0) is 17.7. The highest BCUT2D eigenvalue weighted by Gasteiger charge is 2.13. The minimum Gasteiger partial charge on any atom is -0.493 e. The first-order valence-electron chi connectivity index (χ1n) is 7.00. The van der Waals surface area contributed by atoms with Crippen molar-refractivity contribution >= 4 is 22.2 Å². The third-order valence-electron chi connectivity index (χ3n) is 3.37. The Morgan fingerprint density at radius 2 is 1.50 bits per heavy atom. The van der Waals surface area contributed by atoms with Crippen molar-refractivity contribution in [2.24, 2.45) is 5.14 Å². The summed E-state index contributed by atoms with van der Waals surface area (Å²) in [7, 11) is 0.789. The SMILES string of the molecule is COc1cc(/C=C\c2ccccc2S(N)(=O)=O)cc(OC)c1OC. The molecule has 0 unspecified atom stereocenters. The Bertz CT molecular complexity index is 834. The molecule has 0 aliphatic rings. The number of hydrogen-bond acceptors (Lipinski definition) is 5. The van der Waals surface area contributed by atoms with E-state index in [1.807, 2.05) is 0 Å². The molecule has 0 amide bonds. The molecule has 0 saturated heterocycles. The molecule has 0 aliphatic heterocycles. The molecule has 6 nitrogen and oxygen atoms in total. The zero-order valence-electron chi connectivity index (χ0n) is 13.6. The molecule has 0 spiro atoms. The summed E-state index contributed by atoms with van der Waals surface area (Å²) in [5.74, 6) is 1.51. The fourth-order valence-corrected chi connectivity index (χ4v) is 2.99. The maximum atomic E-state index is 11.6. The van der Waals surface area contributed by atoms with Gasteiger partial charge in [0.2, 0.25) is 15.8 Å². The number of nitrogens with two attached hydrogens (primary N) is 1. The molecule has 2 rings (SSSR count). The van der Waals surface area contributed by atoms with Crippen LogP contribution in [0.15, 0.2) is 41.3 Å². The van der Waals surface area contributed by atoms with E-state index in [4.69, 9.17) is 19.3 Å². The normalized spacial score (nSPS) is 11.5. The van der Waals surface area contributed by atoms with Crippen molar-refractivity contribution in [2.75, 3.05) is 21.3 Å². The molecule has 0 fully saturated rings. The summed E-state index contributed by atoms with van der Waals surface area (Å²) in [6.07, 6.45) is 3.41. The molecule has 0 saturated carbocycles. The summed E-state index contributed by atoms with van der Waals surface area (Å²) in [6, 6.07) is 10.0. The molecule has 0 heterocycles. The number of rotatable bonds is 6. The van der Waals surface area contributed by atoms with E-state index < -0.39 is 10.0 Å². The van der Waals surface area contributed by atoms with Gasteiger partial charge in [0.05, 0.1) is 26.2 Å². The first-order valence-corrected chi connectivity index (χ1v) is 8.55. The monoisotopic (exact) mass is 349 g/mol. The lowest BCUT2D eigenvalue weighted by Gasteiger charge is -2.12. The van der Waals surface area contributed by atoms with Gasteiger partial charge in [0.15, 0.2) is 11.5 Å². The Labute approximate surface area is 141 Å². The van der Waals surface area contributed by atoms with Gasteiger partial charge >= 0.3 is 0 Å². The smallest absolute Gasteiger partial charge is 0.238 e. The van der Waals surface area contributed by atoms with Crippen LogP contribution >= 0.6 is 0 Å². The Kier molecular flexibility index (Phi) is 5.48.